The van der Waals surface area contributed by atoms with Gasteiger partial charge in [0.15, 0.2) is 0 Å². The van der Waals surface area contributed by atoms with Gasteiger partial charge in [0.25, 0.3) is 0 Å². The van der Waals surface area contributed by atoms with Crippen LogP contribution in [0.3, 0.4) is 0 Å². The second-order valence-electron chi connectivity index (χ2n) is 12.0. The van der Waals surface area contributed by atoms with E-state index in [0.29, 0.717) is 0 Å². The van der Waals surface area contributed by atoms with E-state index in [-0.39, 0.29) is 0 Å². The molecule has 0 radical (unpaired) electrons. The third-order valence-corrected chi connectivity index (χ3v) is 9.62. The van der Waals surface area contributed by atoms with Crippen molar-refractivity contribution in [2.24, 2.45) is 0 Å². The first kappa shape index (κ1) is 23.9. The van der Waals surface area contributed by atoms with Crippen LogP contribution in [-0.4, -0.2) is 0 Å². The number of rotatable bonds is 8. The van der Waals surface area contributed by atoms with Crippen LogP contribution in [0.2, 0.25) is 0 Å². The van der Waals surface area contributed by atoms with Gasteiger partial charge in [-0.1, -0.05) is 124 Å². The molecule has 0 saturated heterocycles. The van der Waals surface area contributed by atoms with Crippen LogP contribution in [-0.2, 0) is 12.8 Å². The monoisotopic (exact) mass is 516 g/mol. The topological polar surface area (TPSA) is 0 Å². The number of hydrogen-bond acceptors (Lipinski definition) is 0. The molecule has 0 unspecified atom stereocenters. The van der Waals surface area contributed by atoms with E-state index in [4.69, 9.17) is 0 Å². The second-order valence-corrected chi connectivity index (χ2v) is 12.0. The van der Waals surface area contributed by atoms with E-state index in [1.54, 1.807) is 11.1 Å². The average molecular weight is 517 g/mol. The number of benzene rings is 6. The number of hydrogen-bond donors (Lipinski definition) is 0. The van der Waals surface area contributed by atoms with Crippen molar-refractivity contribution in [2.45, 2.75) is 65.2 Å². The van der Waals surface area contributed by atoms with Crippen molar-refractivity contribution in [2.75, 3.05) is 0 Å². The van der Waals surface area contributed by atoms with Gasteiger partial charge in [-0.15, -0.1) is 0 Å². The van der Waals surface area contributed by atoms with Crippen LogP contribution in [0, 0.1) is 0 Å². The van der Waals surface area contributed by atoms with Crippen LogP contribution in [0.15, 0.2) is 84.9 Å². The highest BCUT2D eigenvalue weighted by Crippen LogP contribution is 2.62. The molecule has 2 aliphatic carbocycles. The van der Waals surface area contributed by atoms with Gasteiger partial charge in [0, 0.05) is 0 Å². The summed E-state index contributed by atoms with van der Waals surface area (Å²) in [5, 5.41) is 8.64. The van der Waals surface area contributed by atoms with Gasteiger partial charge in [-0.25, -0.2) is 0 Å². The van der Waals surface area contributed by atoms with Crippen molar-refractivity contribution in [3.8, 4) is 44.5 Å². The van der Waals surface area contributed by atoms with Crippen LogP contribution < -0.4 is 0 Å². The molecule has 0 atom stereocenters. The Bertz CT molecular complexity index is 1830. The fourth-order valence-corrected chi connectivity index (χ4v) is 7.86. The highest BCUT2D eigenvalue weighted by molar-refractivity contribution is 6.40. The molecule has 0 fully saturated rings. The Hall–Kier alpha value is -3.90. The quantitative estimate of drug-likeness (QED) is 0.139. The van der Waals surface area contributed by atoms with E-state index < -0.39 is 0 Å². The Balaban J connectivity index is 1.56. The van der Waals surface area contributed by atoms with Gasteiger partial charge in [-0.2, -0.15) is 0 Å². The maximum atomic E-state index is 2.62. The van der Waals surface area contributed by atoms with E-state index in [2.05, 4.69) is 98.8 Å². The van der Waals surface area contributed by atoms with Gasteiger partial charge in [0.2, 0.25) is 0 Å². The summed E-state index contributed by atoms with van der Waals surface area (Å²) in [5.41, 5.74) is 14.6. The Kier molecular flexibility index (Phi) is 5.59. The molecular weight excluding hydrogens is 480 g/mol. The van der Waals surface area contributed by atoms with E-state index >= 15 is 0 Å². The largest absolute Gasteiger partial charge is 0.0654 e. The molecule has 0 bridgehead atoms. The highest BCUT2D eigenvalue weighted by atomic mass is 14.4. The van der Waals surface area contributed by atoms with Gasteiger partial charge in [0.05, 0.1) is 0 Å². The summed E-state index contributed by atoms with van der Waals surface area (Å²) in [6, 6.07) is 32.7. The third-order valence-electron chi connectivity index (χ3n) is 9.62. The van der Waals surface area contributed by atoms with Crippen molar-refractivity contribution in [3.05, 3.63) is 96.1 Å². The summed E-state index contributed by atoms with van der Waals surface area (Å²) in [6.45, 7) is 4.63. The fourth-order valence-electron chi connectivity index (χ4n) is 7.86. The number of fused-ring (bicyclic) bond motifs is 12. The Morgan fingerprint density at radius 1 is 0.400 bits per heavy atom. The molecule has 0 heteroatoms. The molecule has 0 aromatic heterocycles. The maximum Gasteiger partial charge on any atom is -0.0000935 e. The van der Waals surface area contributed by atoms with Crippen LogP contribution in [0.4, 0.5) is 0 Å². The van der Waals surface area contributed by atoms with Crippen LogP contribution in [0.1, 0.15) is 63.5 Å². The standard InChI is InChI=1S/C40H36/c1-3-5-7-15-25-23-33-34(24-26(25)16-8-6-4-2)38-32-22-14-12-20-30(32)36-28-18-10-9-17-27(28)35-29-19-11-13-21-31(29)37(33)39(35)40(36)38/h9-14,17-24H,3-8,15-16H2,1-2H3. The highest BCUT2D eigenvalue weighted by Gasteiger charge is 2.34. The zero-order valence-corrected chi connectivity index (χ0v) is 23.7. The van der Waals surface area contributed by atoms with Crippen molar-refractivity contribution in [3.63, 3.8) is 0 Å². The predicted molar refractivity (Wildman–Crippen MR) is 174 cm³/mol. The van der Waals surface area contributed by atoms with E-state index in [9.17, 15) is 0 Å². The molecule has 8 rings (SSSR count). The number of aryl methyl sites for hydroxylation is 2. The van der Waals surface area contributed by atoms with Gasteiger partial charge in [0.1, 0.15) is 0 Å². The lowest BCUT2D eigenvalue weighted by molar-refractivity contribution is 0.694. The molecule has 0 aliphatic heterocycles. The molecule has 40 heavy (non-hydrogen) atoms. The molecule has 0 saturated carbocycles. The fraction of sp³-hybridized carbons (Fsp3) is 0.250. The summed E-state index contributed by atoms with van der Waals surface area (Å²) < 4.78 is 0. The maximum absolute atomic E-state index is 2.62. The van der Waals surface area contributed by atoms with Gasteiger partial charge >= 0.3 is 0 Å². The van der Waals surface area contributed by atoms with Crippen molar-refractivity contribution in [1.82, 2.24) is 0 Å². The van der Waals surface area contributed by atoms with Gasteiger partial charge in [-0.3, -0.25) is 0 Å². The molecule has 0 N–H and O–H groups in total. The molecule has 2 aliphatic rings. The molecule has 0 nitrogen and oxygen atoms in total. The summed E-state index contributed by atoms with van der Waals surface area (Å²) in [4.78, 5) is 0. The average Bonchev–Trinajstić information content (AvgIpc) is 3.52. The Labute approximate surface area is 237 Å². The van der Waals surface area contributed by atoms with Crippen molar-refractivity contribution < 1.29 is 0 Å². The minimum absolute atomic E-state index is 1.19. The molecular formula is C40H36. The summed E-state index contributed by atoms with van der Waals surface area (Å²) in [6.07, 6.45) is 10.1. The third kappa shape index (κ3) is 3.26. The summed E-state index contributed by atoms with van der Waals surface area (Å²) >= 11 is 0. The normalized spacial score (nSPS) is 12.6. The lowest BCUT2D eigenvalue weighted by Gasteiger charge is -2.18. The Morgan fingerprint density at radius 3 is 1.12 bits per heavy atom. The molecule has 0 spiro atoms. The van der Waals surface area contributed by atoms with Gasteiger partial charge in [-0.05, 0) is 114 Å². The van der Waals surface area contributed by atoms with Crippen LogP contribution >= 0.6 is 0 Å². The van der Waals surface area contributed by atoms with Gasteiger partial charge < -0.3 is 0 Å². The van der Waals surface area contributed by atoms with E-state index in [1.807, 2.05) is 0 Å². The van der Waals surface area contributed by atoms with E-state index in [0.717, 1.165) is 0 Å². The van der Waals surface area contributed by atoms with Crippen molar-refractivity contribution in [1.29, 1.82) is 0 Å². The summed E-state index contributed by atoms with van der Waals surface area (Å²) in [7, 11) is 0. The number of unbranched alkanes of at least 4 members (excludes halogenated alkanes) is 4. The molecule has 6 aromatic rings. The minimum atomic E-state index is 1.19. The van der Waals surface area contributed by atoms with E-state index in [1.165, 1.54) is 128 Å². The molecule has 0 heterocycles. The Morgan fingerprint density at radius 2 is 0.750 bits per heavy atom. The first-order valence-corrected chi connectivity index (χ1v) is 15.5. The first-order chi connectivity index (χ1) is 19.8. The minimum Gasteiger partial charge on any atom is -0.0654 e. The first-order valence-electron chi connectivity index (χ1n) is 15.5. The van der Waals surface area contributed by atoms with Crippen molar-refractivity contribution >= 4 is 32.3 Å². The molecule has 6 aromatic carbocycles. The zero-order valence-electron chi connectivity index (χ0n) is 23.7. The lowest BCUT2D eigenvalue weighted by atomic mass is 9.85. The smallest absolute Gasteiger partial charge is 0.0000935 e. The van der Waals surface area contributed by atoms with Crippen LogP contribution in [0.5, 0.6) is 0 Å². The zero-order chi connectivity index (χ0) is 26.8. The second kappa shape index (κ2) is 9.34. The predicted octanol–water partition coefficient (Wildman–Crippen LogP) is 11.9. The molecule has 196 valence electrons. The lowest BCUT2D eigenvalue weighted by Crippen LogP contribution is -1.98. The SMILES string of the molecule is CCCCCc1cc2c3c4c(c5ccccc5c5c4c(c2cc1CCCCC)-c1ccccc1-5)-c1ccccc1-3. The molecule has 0 amide bonds. The van der Waals surface area contributed by atoms with Crippen LogP contribution in [0.25, 0.3) is 76.8 Å². The summed E-state index contributed by atoms with van der Waals surface area (Å²) in [5.74, 6) is 0.